The fourth-order valence-corrected chi connectivity index (χ4v) is 1.58. The van der Waals surface area contributed by atoms with Gasteiger partial charge in [0, 0.05) is 5.03 Å². The van der Waals surface area contributed by atoms with Crippen molar-refractivity contribution in [3.63, 3.8) is 0 Å². The van der Waals surface area contributed by atoms with Crippen molar-refractivity contribution in [3.8, 4) is 0 Å². The molecule has 0 aromatic carbocycles. The summed E-state index contributed by atoms with van der Waals surface area (Å²) < 4.78 is -0.932. The Kier molecular flexibility index (Phi) is 1.71. The zero-order valence-electron chi connectivity index (χ0n) is 3.67. The highest BCUT2D eigenvalue weighted by Crippen LogP contribution is 2.45. The van der Waals surface area contributed by atoms with Crippen LogP contribution in [0.25, 0.3) is 0 Å². The van der Waals surface area contributed by atoms with Gasteiger partial charge in [0.1, 0.15) is 5.38 Å². The number of alkyl halides is 3. The van der Waals surface area contributed by atoms with Crippen LogP contribution in [-0.2, 0) is 0 Å². The minimum Gasteiger partial charge on any atom is -0.113 e. The van der Waals surface area contributed by atoms with Crippen LogP contribution in [0.4, 0.5) is 0 Å². The molecule has 0 saturated carbocycles. The Morgan fingerprint density at radius 2 is 2.00 bits per heavy atom. The van der Waals surface area contributed by atoms with E-state index in [0.717, 1.165) is 0 Å². The maximum Gasteiger partial charge on any atom is 0.158 e. The smallest absolute Gasteiger partial charge is 0.113 e. The van der Waals surface area contributed by atoms with Crippen LogP contribution < -0.4 is 0 Å². The fraction of sp³-hybridized carbons (Fsp3) is 0.500. The first-order valence-electron chi connectivity index (χ1n) is 1.94. The van der Waals surface area contributed by atoms with Gasteiger partial charge in [-0.1, -0.05) is 34.8 Å². The summed E-state index contributed by atoms with van der Waals surface area (Å²) in [5.74, 6) is 0. The molecule has 0 heterocycles. The molecule has 1 unspecified atom stereocenters. The van der Waals surface area contributed by atoms with Crippen LogP contribution in [0.2, 0.25) is 0 Å². The number of allylic oxidation sites excluding steroid dienone is 2. The first kappa shape index (κ1) is 7.01. The SMILES string of the molecule is ClC1=CC(Cl)(Cl)C1Cl. The van der Waals surface area contributed by atoms with Crippen LogP contribution in [0, 0.1) is 0 Å². The molecule has 0 N–H and O–H groups in total. The maximum absolute atomic E-state index is 5.53. The van der Waals surface area contributed by atoms with Crippen LogP contribution in [-0.4, -0.2) is 9.71 Å². The molecule has 0 amide bonds. The minimum absolute atomic E-state index is 0.424. The lowest BCUT2D eigenvalue weighted by atomic mass is 10.1. The largest absolute Gasteiger partial charge is 0.158 e. The molecular formula is C4H2Cl4. The zero-order valence-corrected chi connectivity index (χ0v) is 6.69. The van der Waals surface area contributed by atoms with E-state index in [0.29, 0.717) is 5.03 Å². The van der Waals surface area contributed by atoms with Crippen molar-refractivity contribution >= 4 is 46.4 Å². The van der Waals surface area contributed by atoms with Gasteiger partial charge in [-0.15, -0.1) is 11.6 Å². The van der Waals surface area contributed by atoms with Crippen molar-refractivity contribution in [2.24, 2.45) is 0 Å². The predicted octanol–water partition coefficient (Wildman–Crippen LogP) is 2.90. The summed E-state index contributed by atoms with van der Waals surface area (Å²) in [4.78, 5) is 0. The summed E-state index contributed by atoms with van der Waals surface area (Å²) in [5.41, 5.74) is 0. The third-order valence-electron chi connectivity index (χ3n) is 0.910. The van der Waals surface area contributed by atoms with E-state index in [4.69, 9.17) is 46.4 Å². The van der Waals surface area contributed by atoms with Gasteiger partial charge in [-0.3, -0.25) is 0 Å². The molecular weight excluding hydrogens is 190 g/mol. The molecule has 4 heteroatoms. The highest BCUT2D eigenvalue weighted by molar-refractivity contribution is 6.58. The first-order chi connectivity index (χ1) is 3.54. The van der Waals surface area contributed by atoms with Gasteiger partial charge in [0.15, 0.2) is 4.33 Å². The van der Waals surface area contributed by atoms with Crippen LogP contribution in [0.1, 0.15) is 0 Å². The van der Waals surface area contributed by atoms with Gasteiger partial charge in [-0.25, -0.2) is 0 Å². The molecule has 0 radical (unpaired) electrons. The van der Waals surface area contributed by atoms with Gasteiger partial charge in [0.05, 0.1) is 0 Å². The molecule has 0 aromatic heterocycles. The van der Waals surface area contributed by atoms with E-state index in [9.17, 15) is 0 Å². The lowest BCUT2D eigenvalue weighted by molar-refractivity contribution is 0.879. The lowest BCUT2D eigenvalue weighted by Gasteiger charge is -2.30. The zero-order chi connectivity index (χ0) is 6.36. The van der Waals surface area contributed by atoms with Crippen LogP contribution in [0.3, 0.4) is 0 Å². The quantitative estimate of drug-likeness (QED) is 0.517. The summed E-state index contributed by atoms with van der Waals surface area (Å²) in [6.45, 7) is 0. The van der Waals surface area contributed by atoms with Crippen molar-refractivity contribution in [2.75, 3.05) is 0 Å². The van der Waals surface area contributed by atoms with Crippen molar-refractivity contribution in [1.82, 2.24) is 0 Å². The van der Waals surface area contributed by atoms with Crippen LogP contribution in [0.15, 0.2) is 11.1 Å². The van der Waals surface area contributed by atoms with Gasteiger partial charge in [-0.2, -0.15) is 0 Å². The number of hydrogen-bond donors (Lipinski definition) is 0. The first-order valence-corrected chi connectivity index (χ1v) is 3.51. The molecule has 0 fully saturated rings. The van der Waals surface area contributed by atoms with E-state index < -0.39 is 9.71 Å². The molecule has 0 spiro atoms. The average molecular weight is 192 g/mol. The molecule has 1 aliphatic rings. The van der Waals surface area contributed by atoms with Crippen molar-refractivity contribution in [1.29, 1.82) is 0 Å². The van der Waals surface area contributed by atoms with Crippen LogP contribution in [0.5, 0.6) is 0 Å². The third-order valence-corrected chi connectivity index (χ3v) is 2.81. The molecule has 1 atom stereocenters. The van der Waals surface area contributed by atoms with Crippen LogP contribution >= 0.6 is 46.4 Å². The minimum atomic E-state index is -0.932. The van der Waals surface area contributed by atoms with E-state index in [-0.39, 0.29) is 0 Å². The Morgan fingerprint density at radius 1 is 1.50 bits per heavy atom. The fourth-order valence-electron chi connectivity index (χ4n) is 0.418. The van der Waals surface area contributed by atoms with Crippen molar-refractivity contribution < 1.29 is 0 Å². The van der Waals surface area contributed by atoms with E-state index in [1.54, 1.807) is 0 Å². The molecule has 0 bridgehead atoms. The van der Waals surface area contributed by atoms with Gasteiger partial charge < -0.3 is 0 Å². The highest BCUT2D eigenvalue weighted by Gasteiger charge is 2.42. The second-order valence-electron chi connectivity index (χ2n) is 1.57. The number of hydrogen-bond acceptors (Lipinski definition) is 0. The average Bonchev–Trinajstić information content (AvgIpc) is 1.65. The monoisotopic (exact) mass is 190 g/mol. The topological polar surface area (TPSA) is 0 Å². The Hall–Kier alpha value is 0.900. The Bertz CT molecular complexity index is 137. The second-order valence-corrected chi connectivity index (χ2v) is 3.88. The van der Waals surface area contributed by atoms with Crippen molar-refractivity contribution in [3.05, 3.63) is 11.1 Å². The van der Waals surface area contributed by atoms with Gasteiger partial charge >= 0.3 is 0 Å². The molecule has 46 valence electrons. The Morgan fingerprint density at radius 3 is 2.00 bits per heavy atom. The standard InChI is InChI=1S/C4H2Cl4/c5-2-1-4(7,8)3(2)6/h1,3H. The van der Waals surface area contributed by atoms with Crippen molar-refractivity contribution in [2.45, 2.75) is 9.71 Å². The summed E-state index contributed by atoms with van der Waals surface area (Å²) >= 11 is 22.0. The molecule has 8 heavy (non-hydrogen) atoms. The second kappa shape index (κ2) is 1.95. The van der Waals surface area contributed by atoms with E-state index >= 15 is 0 Å². The lowest BCUT2D eigenvalue weighted by Crippen LogP contribution is -2.33. The van der Waals surface area contributed by atoms with E-state index in [1.807, 2.05) is 0 Å². The molecule has 0 aliphatic heterocycles. The maximum atomic E-state index is 5.53. The summed E-state index contributed by atoms with van der Waals surface area (Å²) in [6.07, 6.45) is 1.51. The normalized spacial score (nSPS) is 33.5. The molecule has 1 rings (SSSR count). The van der Waals surface area contributed by atoms with E-state index in [1.165, 1.54) is 6.08 Å². The Balaban J connectivity index is 2.74. The van der Waals surface area contributed by atoms with E-state index in [2.05, 4.69) is 0 Å². The number of rotatable bonds is 0. The molecule has 1 aliphatic carbocycles. The summed E-state index contributed by atoms with van der Waals surface area (Å²) in [5, 5.41) is 0.101. The van der Waals surface area contributed by atoms with Gasteiger partial charge in [0.25, 0.3) is 0 Å². The summed E-state index contributed by atoms with van der Waals surface area (Å²) in [7, 11) is 0. The summed E-state index contributed by atoms with van der Waals surface area (Å²) in [6, 6.07) is 0. The third kappa shape index (κ3) is 0.950. The molecule has 0 aromatic rings. The van der Waals surface area contributed by atoms with Gasteiger partial charge in [-0.05, 0) is 6.08 Å². The number of halogens is 4. The molecule has 0 nitrogen and oxygen atoms in total. The van der Waals surface area contributed by atoms with Gasteiger partial charge in [0.2, 0.25) is 0 Å². The molecule has 0 saturated heterocycles. The highest BCUT2D eigenvalue weighted by atomic mass is 35.5. The predicted molar refractivity (Wildman–Crippen MR) is 38.0 cm³/mol. The Labute approximate surface area is 67.4 Å².